The smallest absolute Gasteiger partial charge is 0.266 e. The van der Waals surface area contributed by atoms with Crippen LogP contribution in [0.2, 0.25) is 0 Å². The number of allylic oxidation sites excluding steroid dienone is 2. The molecule has 0 saturated heterocycles. The van der Waals surface area contributed by atoms with E-state index in [1.54, 1.807) is 84.9 Å². The maximum absolute atomic E-state index is 14.0. The lowest BCUT2D eigenvalue weighted by molar-refractivity contribution is 0.0677. The van der Waals surface area contributed by atoms with Gasteiger partial charge in [0, 0.05) is 23.4 Å². The molecule has 184 valence electrons. The predicted octanol–water partition coefficient (Wildman–Crippen LogP) is 5.71. The van der Waals surface area contributed by atoms with Gasteiger partial charge in [0.2, 0.25) is 5.78 Å². The molecule has 6 heteroatoms. The minimum atomic E-state index is -0.635. The summed E-state index contributed by atoms with van der Waals surface area (Å²) < 4.78 is 0. The Kier molecular flexibility index (Phi) is 6.99. The number of amides is 2. The number of Topliss-reactive ketones (excluding diaryl/α,β-unsaturated/α-hetero) is 2. The minimum absolute atomic E-state index is 0.0163. The first-order valence-electron chi connectivity index (χ1n) is 12.5. The molecular formula is C31H26N2O4. The van der Waals surface area contributed by atoms with Crippen molar-refractivity contribution in [3.8, 4) is 0 Å². The summed E-state index contributed by atoms with van der Waals surface area (Å²) in [5, 5.41) is 0. The van der Waals surface area contributed by atoms with E-state index in [2.05, 4.69) is 0 Å². The Bertz CT molecular complexity index is 1380. The van der Waals surface area contributed by atoms with Gasteiger partial charge in [-0.15, -0.1) is 0 Å². The summed E-state index contributed by atoms with van der Waals surface area (Å²) in [5.41, 5.74) is 0.648. The number of carbonyl (C=O) groups is 4. The molecule has 37 heavy (non-hydrogen) atoms. The molecular weight excluding hydrogens is 464 g/mol. The van der Waals surface area contributed by atoms with E-state index >= 15 is 0 Å². The van der Waals surface area contributed by atoms with Crippen LogP contribution in [0.3, 0.4) is 0 Å². The molecule has 3 aromatic rings. The number of benzene rings is 3. The summed E-state index contributed by atoms with van der Waals surface area (Å²) >= 11 is 0. The quantitative estimate of drug-likeness (QED) is 0.184. The molecule has 0 bridgehead atoms. The molecule has 0 aromatic heterocycles. The van der Waals surface area contributed by atoms with Crippen LogP contribution >= 0.6 is 0 Å². The third-order valence-corrected chi connectivity index (χ3v) is 6.79. The topological polar surface area (TPSA) is 83.9 Å². The van der Waals surface area contributed by atoms with Gasteiger partial charge in [-0.25, -0.2) is 4.90 Å². The highest BCUT2D eigenvalue weighted by molar-refractivity contribution is 6.32. The molecule has 0 N–H and O–H groups in total. The van der Waals surface area contributed by atoms with E-state index in [9.17, 15) is 19.2 Å². The van der Waals surface area contributed by atoms with Crippen molar-refractivity contribution in [1.82, 2.24) is 4.90 Å². The van der Waals surface area contributed by atoms with Crippen molar-refractivity contribution in [3.63, 3.8) is 0 Å². The lowest BCUT2D eigenvalue weighted by atomic mass is 9.95. The van der Waals surface area contributed by atoms with Gasteiger partial charge >= 0.3 is 0 Å². The normalized spacial score (nSPS) is 16.6. The van der Waals surface area contributed by atoms with Crippen LogP contribution in [0.15, 0.2) is 101 Å². The van der Waals surface area contributed by atoms with Crippen LogP contribution in [0.25, 0.3) is 0 Å². The number of imide groups is 1. The number of aliphatic imine (C=N–C) groups is 1. The van der Waals surface area contributed by atoms with Gasteiger partial charge in [-0.1, -0.05) is 92.1 Å². The van der Waals surface area contributed by atoms with E-state index in [0.717, 1.165) is 37.0 Å². The number of carbonyl (C=O) groups excluding carboxylic acids is 4. The van der Waals surface area contributed by atoms with Gasteiger partial charge in [0.1, 0.15) is 5.70 Å². The van der Waals surface area contributed by atoms with Crippen molar-refractivity contribution < 1.29 is 19.2 Å². The maximum atomic E-state index is 14.0. The zero-order chi connectivity index (χ0) is 25.8. The van der Waals surface area contributed by atoms with Crippen LogP contribution in [0, 0.1) is 0 Å². The predicted molar refractivity (Wildman–Crippen MR) is 141 cm³/mol. The molecule has 5 rings (SSSR count). The molecule has 1 heterocycles. The van der Waals surface area contributed by atoms with Crippen LogP contribution in [0.1, 0.15) is 73.5 Å². The number of rotatable bonds is 7. The van der Waals surface area contributed by atoms with E-state index in [-0.39, 0.29) is 34.0 Å². The minimum Gasteiger partial charge on any atom is -0.289 e. The monoisotopic (exact) mass is 490 g/mol. The van der Waals surface area contributed by atoms with Crippen LogP contribution in [-0.2, 0) is 0 Å². The standard InChI is InChI=1S/C31H26N2O4/c34-28(21-12-4-1-5-13-21)26(20-32-23-16-8-3-9-17-23)27(29(35)22-14-6-2-7-15-22)33-30(36)24-18-10-11-19-25(24)31(33)37/h1-2,4-7,10-15,18-20,23H,3,8-9,16-17H2/b27-26-,32-20?. The number of hydrogen-bond acceptors (Lipinski definition) is 5. The fourth-order valence-electron chi connectivity index (χ4n) is 4.85. The van der Waals surface area contributed by atoms with E-state index in [1.807, 2.05) is 0 Å². The Morgan fingerprint density at radius 1 is 0.676 bits per heavy atom. The Morgan fingerprint density at radius 2 is 1.16 bits per heavy atom. The first-order chi connectivity index (χ1) is 18.1. The van der Waals surface area contributed by atoms with Crippen LogP contribution in [0.4, 0.5) is 0 Å². The lowest BCUT2D eigenvalue weighted by Crippen LogP contribution is -2.35. The first kappa shape index (κ1) is 24.3. The summed E-state index contributed by atoms with van der Waals surface area (Å²) in [6.45, 7) is 0. The maximum Gasteiger partial charge on any atom is 0.266 e. The van der Waals surface area contributed by atoms with Crippen molar-refractivity contribution in [1.29, 1.82) is 0 Å². The highest BCUT2D eigenvalue weighted by Gasteiger charge is 2.42. The third-order valence-electron chi connectivity index (χ3n) is 6.79. The molecule has 3 aromatic carbocycles. The molecule has 0 unspecified atom stereocenters. The van der Waals surface area contributed by atoms with Gasteiger partial charge < -0.3 is 0 Å². The fraction of sp³-hybridized carbons (Fsp3) is 0.194. The van der Waals surface area contributed by atoms with Crippen molar-refractivity contribution in [2.45, 2.75) is 38.1 Å². The summed E-state index contributed by atoms with van der Waals surface area (Å²) in [4.78, 5) is 60.4. The van der Waals surface area contributed by atoms with Gasteiger partial charge in [0.05, 0.1) is 16.7 Å². The van der Waals surface area contributed by atoms with E-state index < -0.39 is 23.4 Å². The Hall–Kier alpha value is -4.45. The largest absolute Gasteiger partial charge is 0.289 e. The summed E-state index contributed by atoms with van der Waals surface area (Å²) in [7, 11) is 0. The van der Waals surface area contributed by atoms with Gasteiger partial charge in [-0.2, -0.15) is 0 Å². The van der Waals surface area contributed by atoms with Gasteiger partial charge in [-0.3, -0.25) is 24.2 Å². The first-order valence-corrected chi connectivity index (χ1v) is 12.5. The highest BCUT2D eigenvalue weighted by Crippen LogP contribution is 2.30. The summed E-state index contributed by atoms with van der Waals surface area (Å²) in [6.07, 6.45) is 6.41. The van der Waals surface area contributed by atoms with E-state index in [4.69, 9.17) is 4.99 Å². The van der Waals surface area contributed by atoms with Crippen molar-refractivity contribution in [3.05, 3.63) is 118 Å². The zero-order valence-corrected chi connectivity index (χ0v) is 20.3. The van der Waals surface area contributed by atoms with Crippen molar-refractivity contribution >= 4 is 29.6 Å². The molecule has 0 radical (unpaired) electrons. The SMILES string of the molecule is O=C(/C(C=NC1CCCCC1)=C(/C(=O)c1ccccc1)N1C(=O)c2ccccc2C1=O)c1ccccc1. The number of ketones is 2. The molecule has 1 aliphatic heterocycles. The second kappa shape index (κ2) is 10.7. The Morgan fingerprint density at radius 3 is 1.70 bits per heavy atom. The molecule has 1 fully saturated rings. The Balaban J connectivity index is 1.72. The molecule has 1 aliphatic carbocycles. The Labute approximate surface area is 215 Å². The summed E-state index contributed by atoms with van der Waals surface area (Å²) in [6, 6.07) is 23.3. The fourth-order valence-corrected chi connectivity index (χ4v) is 4.85. The number of hydrogen-bond donors (Lipinski definition) is 0. The molecule has 2 amide bonds. The number of fused-ring (bicyclic) bond motifs is 1. The van der Waals surface area contributed by atoms with Crippen LogP contribution < -0.4 is 0 Å². The molecule has 0 spiro atoms. The second-order valence-corrected chi connectivity index (χ2v) is 9.21. The average Bonchev–Trinajstić information content (AvgIpc) is 3.21. The van der Waals surface area contributed by atoms with Gasteiger partial charge in [0.25, 0.3) is 11.8 Å². The van der Waals surface area contributed by atoms with Crippen molar-refractivity contribution in [2.75, 3.05) is 0 Å². The van der Waals surface area contributed by atoms with E-state index in [1.165, 1.54) is 6.21 Å². The molecule has 6 nitrogen and oxygen atoms in total. The van der Waals surface area contributed by atoms with Crippen LogP contribution in [-0.4, -0.2) is 40.5 Å². The molecule has 1 saturated carbocycles. The summed E-state index contributed by atoms with van der Waals surface area (Å²) in [5.74, 6) is -2.34. The van der Waals surface area contributed by atoms with Gasteiger partial charge in [-0.05, 0) is 25.0 Å². The number of nitrogens with zero attached hydrogens (tertiary/aromatic N) is 2. The third kappa shape index (κ3) is 4.83. The van der Waals surface area contributed by atoms with Crippen LogP contribution in [0.5, 0.6) is 0 Å². The van der Waals surface area contributed by atoms with Crippen molar-refractivity contribution in [2.24, 2.45) is 4.99 Å². The van der Waals surface area contributed by atoms with Gasteiger partial charge in [0.15, 0.2) is 5.78 Å². The molecule has 2 aliphatic rings. The molecule has 0 atom stereocenters. The lowest BCUT2D eigenvalue weighted by Gasteiger charge is -2.21. The zero-order valence-electron chi connectivity index (χ0n) is 20.3. The highest BCUT2D eigenvalue weighted by atomic mass is 16.2. The van der Waals surface area contributed by atoms with E-state index in [0.29, 0.717) is 5.56 Å². The second-order valence-electron chi connectivity index (χ2n) is 9.21. The average molecular weight is 491 g/mol.